The molecule has 1 aliphatic heterocycles. The monoisotopic (exact) mass is 387 g/mol. The number of hydrogen-bond donors (Lipinski definition) is 2. The van der Waals surface area contributed by atoms with Crippen molar-refractivity contribution < 1.29 is 9.21 Å². The van der Waals surface area contributed by atoms with Crippen LogP contribution in [-0.4, -0.2) is 11.6 Å². The van der Waals surface area contributed by atoms with E-state index in [4.69, 9.17) is 20.9 Å². The van der Waals surface area contributed by atoms with Gasteiger partial charge in [0, 0.05) is 28.5 Å². The fourth-order valence-corrected chi connectivity index (χ4v) is 3.92. The molecule has 0 saturated heterocycles. The first-order valence-electron chi connectivity index (χ1n) is 9.61. The number of fused-ring (bicyclic) bond motifs is 1. The van der Waals surface area contributed by atoms with Gasteiger partial charge in [-0.2, -0.15) is 0 Å². The zero-order chi connectivity index (χ0) is 20.1. The van der Waals surface area contributed by atoms with Crippen molar-refractivity contribution >= 4 is 28.6 Å². The summed E-state index contributed by atoms with van der Waals surface area (Å²) in [5.74, 6) is 1.53. The summed E-state index contributed by atoms with van der Waals surface area (Å²) in [6, 6.07) is 3.80. The van der Waals surface area contributed by atoms with Crippen LogP contribution < -0.4 is 11.5 Å². The molecule has 2 aliphatic rings. The normalized spacial score (nSPS) is 15.1. The number of nitrogens with zero attached hydrogens (tertiary/aromatic N) is 1. The number of furan rings is 1. The van der Waals surface area contributed by atoms with E-state index in [9.17, 15) is 4.79 Å². The van der Waals surface area contributed by atoms with E-state index in [1.165, 1.54) is 24.2 Å². The Bertz CT molecular complexity index is 870. The summed E-state index contributed by atoms with van der Waals surface area (Å²) >= 11 is 1.36. The molecule has 3 heterocycles. The second kappa shape index (κ2) is 9.04. The minimum atomic E-state index is -0.498. The molecule has 2 aromatic rings. The third-order valence-corrected chi connectivity index (χ3v) is 5.43. The number of thiophene rings is 1. The molecule has 4 rings (SSSR count). The number of primary amides is 1. The van der Waals surface area contributed by atoms with Gasteiger partial charge in [0.05, 0.1) is 5.69 Å². The van der Waals surface area contributed by atoms with Gasteiger partial charge in [-0.05, 0) is 31.9 Å². The first-order valence-corrected chi connectivity index (χ1v) is 10.4. The molecule has 0 unspecified atom stereocenters. The zero-order valence-corrected chi connectivity index (χ0v) is 17.6. The summed E-state index contributed by atoms with van der Waals surface area (Å²) in [5, 5.41) is 0. The summed E-state index contributed by atoms with van der Waals surface area (Å²) in [4.78, 5) is 17.9. The van der Waals surface area contributed by atoms with E-state index in [-0.39, 0.29) is 0 Å². The van der Waals surface area contributed by atoms with Crippen LogP contribution in [0.15, 0.2) is 33.3 Å². The molecule has 5 nitrogen and oxygen atoms in total. The van der Waals surface area contributed by atoms with Crippen LogP contribution >= 0.6 is 11.3 Å². The van der Waals surface area contributed by atoms with Gasteiger partial charge in [-0.25, -0.2) is 4.99 Å². The molecular formula is C21H29N3O2S. The molecule has 146 valence electrons. The third-order valence-electron chi connectivity index (χ3n) is 4.19. The minimum Gasteiger partial charge on any atom is -0.460 e. The van der Waals surface area contributed by atoms with Gasteiger partial charge < -0.3 is 15.9 Å². The predicted molar refractivity (Wildman–Crippen MR) is 114 cm³/mol. The zero-order valence-electron chi connectivity index (χ0n) is 16.8. The number of rotatable bonds is 3. The van der Waals surface area contributed by atoms with Crippen molar-refractivity contribution in [3.8, 4) is 0 Å². The first kappa shape index (κ1) is 21.0. The Kier molecular flexibility index (Phi) is 7.02. The Morgan fingerprint density at radius 3 is 2.41 bits per heavy atom. The van der Waals surface area contributed by atoms with Gasteiger partial charge in [0.25, 0.3) is 5.91 Å². The van der Waals surface area contributed by atoms with E-state index in [0.717, 1.165) is 28.3 Å². The average Bonchev–Trinajstić information content (AvgIpc) is 3.39. The van der Waals surface area contributed by atoms with Gasteiger partial charge in [-0.3, -0.25) is 4.79 Å². The molecule has 0 atom stereocenters. The average molecular weight is 388 g/mol. The summed E-state index contributed by atoms with van der Waals surface area (Å²) in [5.41, 5.74) is 14.7. The highest BCUT2D eigenvalue weighted by Gasteiger charge is 2.31. The van der Waals surface area contributed by atoms with Crippen LogP contribution in [0.4, 0.5) is 5.69 Å². The molecule has 1 saturated carbocycles. The lowest BCUT2D eigenvalue weighted by atomic mass is 10.1. The van der Waals surface area contributed by atoms with Gasteiger partial charge in [0.15, 0.2) is 5.76 Å². The molecule has 2 aromatic heterocycles. The van der Waals surface area contributed by atoms with Crippen LogP contribution in [-0.2, 0) is 6.42 Å². The summed E-state index contributed by atoms with van der Waals surface area (Å²) in [7, 11) is 0. The van der Waals surface area contributed by atoms with Crippen molar-refractivity contribution in [1.82, 2.24) is 0 Å². The van der Waals surface area contributed by atoms with Crippen molar-refractivity contribution in [2.24, 2.45) is 16.6 Å². The molecular weight excluding hydrogens is 358 g/mol. The number of amides is 1. The fourth-order valence-electron chi connectivity index (χ4n) is 2.88. The number of aryl methyl sites for hydroxylation is 1. The molecule has 0 bridgehead atoms. The van der Waals surface area contributed by atoms with E-state index in [0.29, 0.717) is 28.0 Å². The molecule has 0 aromatic carbocycles. The van der Waals surface area contributed by atoms with Crippen molar-refractivity contribution in [3.05, 3.63) is 50.7 Å². The van der Waals surface area contributed by atoms with E-state index in [2.05, 4.69) is 6.08 Å². The number of aliphatic imine (C=N–C) groups is 1. The molecule has 27 heavy (non-hydrogen) atoms. The topological polar surface area (TPSA) is 94.6 Å². The van der Waals surface area contributed by atoms with Gasteiger partial charge >= 0.3 is 0 Å². The Morgan fingerprint density at radius 1 is 1.22 bits per heavy atom. The van der Waals surface area contributed by atoms with E-state index >= 15 is 0 Å². The van der Waals surface area contributed by atoms with E-state index < -0.39 is 5.91 Å². The molecule has 1 amide bonds. The van der Waals surface area contributed by atoms with Crippen LogP contribution in [0.2, 0.25) is 0 Å². The number of allylic oxidation sites excluding steroid dienone is 2. The van der Waals surface area contributed by atoms with Crippen molar-refractivity contribution in [1.29, 1.82) is 0 Å². The molecule has 1 aliphatic carbocycles. The van der Waals surface area contributed by atoms with Crippen LogP contribution in [0.1, 0.15) is 72.2 Å². The highest BCUT2D eigenvalue weighted by molar-refractivity contribution is 7.15. The lowest BCUT2D eigenvalue weighted by molar-refractivity contribution is 0.100. The second-order valence-electron chi connectivity index (χ2n) is 5.99. The van der Waals surface area contributed by atoms with Gasteiger partial charge in [0.1, 0.15) is 16.3 Å². The van der Waals surface area contributed by atoms with E-state index in [1.807, 2.05) is 46.8 Å². The van der Waals surface area contributed by atoms with Gasteiger partial charge in [0.2, 0.25) is 0 Å². The smallest absolute Gasteiger partial charge is 0.260 e. The molecule has 6 heteroatoms. The van der Waals surface area contributed by atoms with Crippen molar-refractivity contribution in [3.63, 3.8) is 0 Å². The number of carbonyl (C=O) groups is 1. The number of nitrogens with two attached hydrogens (primary N) is 2. The Hall–Kier alpha value is -2.34. The maximum Gasteiger partial charge on any atom is 0.260 e. The molecule has 4 N–H and O–H groups in total. The molecule has 0 spiro atoms. The fraction of sp³-hybridized carbons (Fsp3) is 0.429. The van der Waals surface area contributed by atoms with Crippen LogP contribution in [0.5, 0.6) is 0 Å². The van der Waals surface area contributed by atoms with Crippen molar-refractivity contribution in [2.45, 2.75) is 53.9 Å². The predicted octanol–water partition coefficient (Wildman–Crippen LogP) is 5.07. The van der Waals surface area contributed by atoms with Crippen LogP contribution in [0.25, 0.3) is 0 Å². The Balaban J connectivity index is 0.000000614. The highest BCUT2D eigenvalue weighted by atomic mass is 32.1. The lowest BCUT2D eigenvalue weighted by Gasteiger charge is -2.06. The summed E-state index contributed by atoms with van der Waals surface area (Å²) in [6.07, 6.45) is 5.21. The Labute approximate surface area is 165 Å². The largest absolute Gasteiger partial charge is 0.460 e. The summed E-state index contributed by atoms with van der Waals surface area (Å²) in [6.45, 7) is 9.89. The van der Waals surface area contributed by atoms with Gasteiger partial charge in [-0.1, -0.05) is 33.8 Å². The van der Waals surface area contributed by atoms with Crippen LogP contribution in [0, 0.1) is 12.8 Å². The maximum absolute atomic E-state index is 11.6. The number of carbonyl (C=O) groups excluding carboxylic acids is 1. The van der Waals surface area contributed by atoms with E-state index in [1.54, 1.807) is 0 Å². The lowest BCUT2D eigenvalue weighted by Crippen LogP contribution is -2.13. The maximum atomic E-state index is 11.6. The third kappa shape index (κ3) is 4.33. The molecule has 0 radical (unpaired) electrons. The molecule has 1 fully saturated rings. The first-order chi connectivity index (χ1) is 13.0. The highest BCUT2D eigenvalue weighted by Crippen LogP contribution is 2.42. The minimum absolute atomic E-state index is 0.397. The quantitative estimate of drug-likeness (QED) is 0.769. The standard InChI is InChI=1S/C17H17N3O2S.2C2H6/c1-8-2-6-11(22-8)15-13-12(23-16(14(13)18)17(19)21)7-5-10(20-15)9-3-4-9;2*1-2/h2,5-6,9H,3-4,7,18H2,1H3,(H2,19,21);2*1-2H3. The number of nitrogen functional groups attached to an aromatic ring is 1. The SMILES string of the molecule is CC.CC.Cc1ccc(C2=NC(C3CC3)=CCc3sc(C(N)=O)c(N)c32)o1. The Morgan fingerprint density at radius 2 is 1.89 bits per heavy atom. The number of anilines is 1. The second-order valence-corrected chi connectivity index (χ2v) is 7.09. The summed E-state index contributed by atoms with van der Waals surface area (Å²) < 4.78 is 5.78. The van der Waals surface area contributed by atoms with Crippen LogP contribution in [0.3, 0.4) is 0 Å². The number of hydrogen-bond acceptors (Lipinski definition) is 5. The van der Waals surface area contributed by atoms with Crippen molar-refractivity contribution in [2.75, 3.05) is 5.73 Å². The van der Waals surface area contributed by atoms with Gasteiger partial charge in [-0.15, -0.1) is 11.3 Å².